The Morgan fingerprint density at radius 2 is 2.20 bits per heavy atom. The lowest BCUT2D eigenvalue weighted by molar-refractivity contribution is 0.224. The van der Waals surface area contributed by atoms with Crippen molar-refractivity contribution in [3.05, 3.63) is 12.2 Å². The molecule has 0 amide bonds. The Labute approximate surface area is 31.9 Å². The third kappa shape index (κ3) is 3.70. The second-order valence-corrected chi connectivity index (χ2v) is 1.10. The van der Waals surface area contributed by atoms with Gasteiger partial charge < -0.3 is 0 Å². The van der Waals surface area contributed by atoms with E-state index >= 15 is 0 Å². The van der Waals surface area contributed by atoms with Crippen molar-refractivity contribution < 1.29 is 5.11 Å². The van der Waals surface area contributed by atoms with E-state index in [0.29, 0.717) is 5.57 Å². The number of hydrogen-bond acceptors (Lipinski definition) is 0. The van der Waals surface area contributed by atoms with Gasteiger partial charge in [0.15, 0.2) is 0 Å². The Morgan fingerprint density at radius 3 is 2.20 bits per heavy atom. The fourth-order valence-corrected chi connectivity index (χ4v) is 0. The lowest BCUT2D eigenvalue weighted by Crippen LogP contribution is -1.73. The van der Waals surface area contributed by atoms with Crippen molar-refractivity contribution in [2.75, 3.05) is 6.61 Å². The first kappa shape index (κ1) is 4.70. The minimum atomic E-state index is -0.139. The number of hydrogen-bond donors (Lipinski definition) is 0. The lowest BCUT2D eigenvalue weighted by Gasteiger charge is -1.76. The highest BCUT2D eigenvalue weighted by atomic mass is 16.3. The third-order valence-electron chi connectivity index (χ3n) is 0.246. The van der Waals surface area contributed by atoms with Crippen molar-refractivity contribution in [1.29, 1.82) is 0 Å². The Hall–Kier alpha value is -0.300. The quantitative estimate of drug-likeness (QED) is 0.411. The first-order chi connectivity index (χ1) is 2.27. The van der Waals surface area contributed by atoms with Gasteiger partial charge in [0.2, 0.25) is 0 Å². The van der Waals surface area contributed by atoms with E-state index in [1.165, 1.54) is 0 Å². The molecule has 0 rings (SSSR count). The summed E-state index contributed by atoms with van der Waals surface area (Å²) in [5.74, 6) is 0. The van der Waals surface area contributed by atoms with Gasteiger partial charge >= 0.3 is 0 Å². The largest absolute Gasteiger partial charge is 0.232 e. The van der Waals surface area contributed by atoms with Crippen LogP contribution in [0.5, 0.6) is 0 Å². The fourth-order valence-electron chi connectivity index (χ4n) is 0. The molecule has 0 aromatic rings. The number of rotatable bonds is 1. The maximum Gasteiger partial charge on any atom is 0.103 e. The molecule has 0 atom stereocenters. The van der Waals surface area contributed by atoms with Gasteiger partial charge in [-0.05, 0) is 6.92 Å². The van der Waals surface area contributed by atoms with Crippen LogP contribution in [0.1, 0.15) is 6.92 Å². The average molecular weight is 71.1 g/mol. The lowest BCUT2D eigenvalue weighted by atomic mass is 10.4. The predicted octanol–water partition coefficient (Wildman–Crippen LogP) is 0.993. The van der Waals surface area contributed by atoms with E-state index in [9.17, 15) is 5.11 Å². The highest BCUT2D eigenvalue weighted by Gasteiger charge is 1.71. The summed E-state index contributed by atoms with van der Waals surface area (Å²) in [6.07, 6.45) is 0. The molecule has 1 radical (unpaired) electrons. The summed E-state index contributed by atoms with van der Waals surface area (Å²) in [5.41, 5.74) is 0.699. The molecule has 0 spiro atoms. The topological polar surface area (TPSA) is 19.9 Å². The summed E-state index contributed by atoms with van der Waals surface area (Å²) < 4.78 is 0. The van der Waals surface area contributed by atoms with Gasteiger partial charge in [-0.15, -0.1) is 0 Å². The molecule has 0 aliphatic heterocycles. The molecule has 1 nitrogen and oxygen atoms in total. The normalized spacial score (nSPS) is 7.60. The zero-order valence-corrected chi connectivity index (χ0v) is 3.32. The van der Waals surface area contributed by atoms with Crippen LogP contribution in [-0.4, -0.2) is 6.61 Å². The van der Waals surface area contributed by atoms with Crippen LogP contribution < -0.4 is 0 Å². The minimum Gasteiger partial charge on any atom is -0.232 e. The maximum absolute atomic E-state index is 9.53. The van der Waals surface area contributed by atoms with E-state index in [0.717, 1.165) is 0 Å². The summed E-state index contributed by atoms with van der Waals surface area (Å²) in [6.45, 7) is 4.94. The Morgan fingerprint density at radius 1 is 2.00 bits per heavy atom. The van der Waals surface area contributed by atoms with E-state index in [2.05, 4.69) is 6.58 Å². The van der Waals surface area contributed by atoms with Gasteiger partial charge in [0.25, 0.3) is 0 Å². The van der Waals surface area contributed by atoms with Crippen LogP contribution in [-0.2, 0) is 5.11 Å². The van der Waals surface area contributed by atoms with Crippen LogP contribution in [0, 0.1) is 0 Å². The van der Waals surface area contributed by atoms with Crippen LogP contribution in [0.4, 0.5) is 0 Å². The molecule has 0 unspecified atom stereocenters. The second-order valence-electron chi connectivity index (χ2n) is 1.10. The van der Waals surface area contributed by atoms with Crippen LogP contribution >= 0.6 is 0 Å². The van der Waals surface area contributed by atoms with Crippen LogP contribution in [0.25, 0.3) is 0 Å². The molecule has 1 heteroatoms. The molecule has 0 aliphatic carbocycles. The maximum atomic E-state index is 9.53. The van der Waals surface area contributed by atoms with Crippen molar-refractivity contribution in [3.8, 4) is 0 Å². The van der Waals surface area contributed by atoms with E-state index in [1.54, 1.807) is 6.92 Å². The van der Waals surface area contributed by atoms with E-state index in [1.807, 2.05) is 0 Å². The van der Waals surface area contributed by atoms with Crippen molar-refractivity contribution in [1.82, 2.24) is 0 Å². The first-order valence-electron chi connectivity index (χ1n) is 1.50. The minimum absolute atomic E-state index is 0.139. The average Bonchev–Trinajstić information content (AvgIpc) is 1.38. The summed E-state index contributed by atoms with van der Waals surface area (Å²) in [7, 11) is 0. The first-order valence-corrected chi connectivity index (χ1v) is 1.50. The van der Waals surface area contributed by atoms with Gasteiger partial charge in [0.05, 0.1) is 0 Å². The predicted molar refractivity (Wildman–Crippen MR) is 20.4 cm³/mol. The summed E-state index contributed by atoms with van der Waals surface area (Å²) >= 11 is 0. The Bertz CT molecular complexity index is 38.9. The molecule has 0 saturated carbocycles. The third-order valence-corrected chi connectivity index (χ3v) is 0.246. The molecule has 5 heavy (non-hydrogen) atoms. The SMILES string of the molecule is C=C(C)C[O]. The smallest absolute Gasteiger partial charge is 0.103 e. The Balaban J connectivity index is 2.85. The van der Waals surface area contributed by atoms with Crippen molar-refractivity contribution in [2.45, 2.75) is 6.92 Å². The molecule has 29 valence electrons. The van der Waals surface area contributed by atoms with Gasteiger partial charge in [-0.2, -0.15) is 0 Å². The fraction of sp³-hybridized carbons (Fsp3) is 0.500. The van der Waals surface area contributed by atoms with E-state index in [-0.39, 0.29) is 6.61 Å². The van der Waals surface area contributed by atoms with Gasteiger partial charge in [-0.3, -0.25) is 0 Å². The van der Waals surface area contributed by atoms with Crippen LogP contribution in [0.3, 0.4) is 0 Å². The van der Waals surface area contributed by atoms with Crippen molar-refractivity contribution in [2.24, 2.45) is 0 Å². The van der Waals surface area contributed by atoms with Crippen molar-refractivity contribution in [3.63, 3.8) is 0 Å². The van der Waals surface area contributed by atoms with Crippen LogP contribution in [0.2, 0.25) is 0 Å². The molecule has 0 N–H and O–H groups in total. The second kappa shape index (κ2) is 1.97. The molecule has 0 bridgehead atoms. The summed E-state index contributed by atoms with van der Waals surface area (Å²) in [6, 6.07) is 0. The van der Waals surface area contributed by atoms with Crippen LogP contribution in [0.15, 0.2) is 12.2 Å². The highest BCUT2D eigenvalue weighted by Crippen LogP contribution is 1.77. The van der Waals surface area contributed by atoms with Gasteiger partial charge in [-0.1, -0.05) is 12.2 Å². The zero-order valence-electron chi connectivity index (χ0n) is 3.32. The molecule has 0 aromatic carbocycles. The van der Waals surface area contributed by atoms with E-state index < -0.39 is 0 Å². The molecule has 0 saturated heterocycles. The van der Waals surface area contributed by atoms with Gasteiger partial charge in [0.1, 0.15) is 6.61 Å². The highest BCUT2D eigenvalue weighted by molar-refractivity contribution is 4.85. The van der Waals surface area contributed by atoms with E-state index in [4.69, 9.17) is 0 Å². The Kier molecular flexibility index (Phi) is 1.85. The molecule has 0 aliphatic rings. The summed E-state index contributed by atoms with van der Waals surface area (Å²) in [4.78, 5) is 0. The molecular weight excluding hydrogens is 64.0 g/mol. The zero-order chi connectivity index (χ0) is 4.28. The van der Waals surface area contributed by atoms with Crippen molar-refractivity contribution >= 4 is 0 Å². The van der Waals surface area contributed by atoms with Gasteiger partial charge in [-0.25, -0.2) is 5.11 Å². The molecule has 0 fully saturated rings. The molecular formula is C4H7O. The van der Waals surface area contributed by atoms with Gasteiger partial charge in [0, 0.05) is 0 Å². The standard InChI is InChI=1S/C4H7O/c1-4(2)3-5/h1,3H2,2H3. The monoisotopic (exact) mass is 71.0 g/mol. The molecule has 0 aromatic heterocycles. The molecule has 0 heterocycles. The summed E-state index contributed by atoms with van der Waals surface area (Å²) in [5, 5.41) is 9.53.